The van der Waals surface area contributed by atoms with E-state index in [1.54, 1.807) is 6.26 Å². The van der Waals surface area contributed by atoms with Crippen LogP contribution < -0.4 is 5.32 Å². The van der Waals surface area contributed by atoms with E-state index in [0.29, 0.717) is 11.8 Å². The zero-order valence-corrected chi connectivity index (χ0v) is 17.5. The third-order valence-electron chi connectivity index (χ3n) is 4.08. The third-order valence-corrected chi connectivity index (χ3v) is 4.08. The normalized spacial score (nSPS) is 16.1. The van der Waals surface area contributed by atoms with Gasteiger partial charge in [0.15, 0.2) is 5.96 Å². The van der Waals surface area contributed by atoms with E-state index in [9.17, 15) is 0 Å². The van der Waals surface area contributed by atoms with Crippen LogP contribution in [0.4, 0.5) is 0 Å². The van der Waals surface area contributed by atoms with Gasteiger partial charge in [0.2, 0.25) is 0 Å². The number of halogens is 1. The first-order chi connectivity index (χ1) is 11.1. The maximum absolute atomic E-state index is 5.45. The molecule has 0 amide bonds. The average Bonchev–Trinajstić information content (AvgIpc) is 3.04. The van der Waals surface area contributed by atoms with Gasteiger partial charge in [-0.1, -0.05) is 13.8 Å². The monoisotopic (exact) mass is 449 g/mol. The van der Waals surface area contributed by atoms with Gasteiger partial charge in [-0.15, -0.1) is 24.0 Å². The summed E-state index contributed by atoms with van der Waals surface area (Å²) in [6.07, 6.45) is 4.89. The van der Waals surface area contributed by atoms with Gasteiger partial charge in [-0.25, -0.2) is 0 Å². The lowest BCUT2D eigenvalue weighted by Gasteiger charge is -2.29. The van der Waals surface area contributed by atoms with Crippen molar-refractivity contribution in [1.29, 1.82) is 0 Å². The number of rotatable bonds is 7. The molecule has 0 aromatic carbocycles. The van der Waals surface area contributed by atoms with Crippen LogP contribution in [0.1, 0.15) is 32.4 Å². The second-order valence-corrected chi connectivity index (χ2v) is 6.75. The molecule has 0 atom stereocenters. The highest BCUT2D eigenvalue weighted by Crippen LogP contribution is 2.15. The molecule has 1 aromatic heterocycles. The van der Waals surface area contributed by atoms with Gasteiger partial charge in [0.25, 0.3) is 0 Å². The Balaban J connectivity index is 0.00000288. The van der Waals surface area contributed by atoms with Gasteiger partial charge in [-0.05, 0) is 36.8 Å². The van der Waals surface area contributed by atoms with Crippen LogP contribution in [-0.4, -0.2) is 50.8 Å². The van der Waals surface area contributed by atoms with Gasteiger partial charge in [-0.2, -0.15) is 0 Å². The smallest absolute Gasteiger partial charge is 0.193 e. The lowest BCUT2D eigenvalue weighted by Crippen LogP contribution is -2.43. The first kappa shape index (κ1) is 21.3. The highest BCUT2D eigenvalue weighted by atomic mass is 127. The molecule has 0 bridgehead atoms. The van der Waals surface area contributed by atoms with E-state index >= 15 is 0 Å². The summed E-state index contributed by atoms with van der Waals surface area (Å²) in [7, 11) is 2.13. The number of hydrogen-bond donors (Lipinski definition) is 1. The van der Waals surface area contributed by atoms with Crippen molar-refractivity contribution in [3.05, 3.63) is 24.2 Å². The van der Waals surface area contributed by atoms with Crippen molar-refractivity contribution in [2.45, 2.75) is 33.1 Å². The quantitative estimate of drug-likeness (QED) is 0.394. The predicted octanol–water partition coefficient (Wildman–Crippen LogP) is 3.40. The summed E-state index contributed by atoms with van der Waals surface area (Å²) in [5.74, 6) is 3.27. The van der Waals surface area contributed by atoms with Gasteiger partial charge in [0, 0.05) is 46.3 Å². The summed E-state index contributed by atoms with van der Waals surface area (Å²) < 4.78 is 10.8. The van der Waals surface area contributed by atoms with Crippen molar-refractivity contribution in [2.24, 2.45) is 16.8 Å². The van der Waals surface area contributed by atoms with Crippen LogP contribution in [0.25, 0.3) is 0 Å². The minimum Gasteiger partial charge on any atom is -0.469 e. The van der Waals surface area contributed by atoms with E-state index in [0.717, 1.165) is 63.8 Å². The summed E-state index contributed by atoms with van der Waals surface area (Å²) in [4.78, 5) is 7.04. The van der Waals surface area contributed by atoms with E-state index in [2.05, 4.69) is 31.1 Å². The summed E-state index contributed by atoms with van der Waals surface area (Å²) in [5, 5.41) is 3.49. The molecule has 1 N–H and O–H groups in total. The Bertz CT molecular complexity index is 457. The molecule has 1 aromatic rings. The zero-order valence-electron chi connectivity index (χ0n) is 15.2. The number of guanidine groups is 1. The fourth-order valence-electron chi connectivity index (χ4n) is 2.74. The molecule has 0 spiro atoms. The lowest BCUT2D eigenvalue weighted by atomic mass is 10.00. The topological polar surface area (TPSA) is 50.0 Å². The summed E-state index contributed by atoms with van der Waals surface area (Å²) >= 11 is 0. The van der Waals surface area contributed by atoms with E-state index < -0.39 is 0 Å². The van der Waals surface area contributed by atoms with Crippen molar-refractivity contribution >= 4 is 29.9 Å². The number of furan rings is 1. The zero-order chi connectivity index (χ0) is 16.5. The molecule has 24 heavy (non-hydrogen) atoms. The van der Waals surface area contributed by atoms with E-state index in [1.165, 1.54) is 0 Å². The van der Waals surface area contributed by atoms with Crippen molar-refractivity contribution in [2.75, 3.05) is 39.9 Å². The molecule has 1 aliphatic heterocycles. The van der Waals surface area contributed by atoms with Crippen molar-refractivity contribution < 1.29 is 9.15 Å². The van der Waals surface area contributed by atoms with Gasteiger partial charge >= 0.3 is 0 Å². The van der Waals surface area contributed by atoms with Crippen LogP contribution in [0.2, 0.25) is 0 Å². The molecule has 1 saturated heterocycles. The molecule has 0 radical (unpaired) electrons. The first-order valence-electron chi connectivity index (χ1n) is 8.74. The van der Waals surface area contributed by atoms with Crippen molar-refractivity contribution in [3.63, 3.8) is 0 Å². The van der Waals surface area contributed by atoms with Crippen molar-refractivity contribution in [1.82, 2.24) is 10.2 Å². The van der Waals surface area contributed by atoms with Crippen LogP contribution >= 0.6 is 24.0 Å². The number of nitrogens with zero attached hydrogens (tertiary/aromatic N) is 2. The Hall–Kier alpha value is -0.760. The fourth-order valence-corrected chi connectivity index (χ4v) is 2.74. The van der Waals surface area contributed by atoms with Crippen LogP contribution in [0, 0.1) is 11.8 Å². The molecule has 0 saturated carbocycles. The van der Waals surface area contributed by atoms with Crippen LogP contribution in [0.5, 0.6) is 0 Å². The van der Waals surface area contributed by atoms with Crippen LogP contribution in [-0.2, 0) is 11.2 Å². The molecule has 0 unspecified atom stereocenters. The molecule has 1 fully saturated rings. The molecule has 1 aliphatic rings. The molecular formula is C18H32IN3O2. The maximum Gasteiger partial charge on any atom is 0.193 e. The van der Waals surface area contributed by atoms with E-state index in [4.69, 9.17) is 14.1 Å². The maximum atomic E-state index is 5.45. The summed E-state index contributed by atoms with van der Waals surface area (Å²) in [5.41, 5.74) is 0. The number of aliphatic imine (C=N–C) groups is 1. The third kappa shape index (κ3) is 7.88. The Morgan fingerprint density at radius 1 is 1.38 bits per heavy atom. The van der Waals surface area contributed by atoms with Gasteiger partial charge < -0.3 is 19.4 Å². The fraction of sp³-hybridized carbons (Fsp3) is 0.722. The summed E-state index contributed by atoms with van der Waals surface area (Å²) in [6, 6.07) is 3.94. The number of nitrogens with one attached hydrogen (secondary N) is 1. The highest BCUT2D eigenvalue weighted by molar-refractivity contribution is 14.0. The number of ether oxygens (including phenoxy) is 1. The van der Waals surface area contributed by atoms with Crippen molar-refractivity contribution in [3.8, 4) is 0 Å². The predicted molar refractivity (Wildman–Crippen MR) is 109 cm³/mol. The molecule has 5 nitrogen and oxygen atoms in total. The largest absolute Gasteiger partial charge is 0.469 e. The SMILES string of the molecule is CC(C)CN=C(NCCc1ccco1)N(C)CC1CCOCC1.I. The number of hydrogen-bond acceptors (Lipinski definition) is 3. The molecule has 2 heterocycles. The minimum absolute atomic E-state index is 0. The minimum atomic E-state index is 0. The van der Waals surface area contributed by atoms with Gasteiger partial charge in [0.1, 0.15) is 5.76 Å². The van der Waals surface area contributed by atoms with Crippen LogP contribution in [0.15, 0.2) is 27.8 Å². The molecule has 0 aliphatic carbocycles. The van der Waals surface area contributed by atoms with Gasteiger partial charge in [-0.3, -0.25) is 4.99 Å². The Kier molecular flexibility index (Phi) is 10.4. The molecule has 6 heteroatoms. The second kappa shape index (κ2) is 11.7. The summed E-state index contributed by atoms with van der Waals surface area (Å²) in [6.45, 7) is 8.90. The standard InChI is InChI=1S/C18H31N3O2.HI/c1-15(2)13-20-18(19-9-6-17-5-4-10-23-17)21(3)14-16-7-11-22-12-8-16;/h4-5,10,15-16H,6-9,11-14H2,1-3H3,(H,19,20);1H. The van der Waals surface area contributed by atoms with Crippen LogP contribution in [0.3, 0.4) is 0 Å². The van der Waals surface area contributed by atoms with Gasteiger partial charge in [0.05, 0.1) is 6.26 Å². The second-order valence-electron chi connectivity index (χ2n) is 6.75. The molecule has 138 valence electrons. The Labute approximate surface area is 163 Å². The average molecular weight is 449 g/mol. The van der Waals surface area contributed by atoms with E-state index in [1.807, 2.05) is 12.1 Å². The Morgan fingerprint density at radius 3 is 2.75 bits per heavy atom. The van der Waals surface area contributed by atoms with E-state index in [-0.39, 0.29) is 24.0 Å². The Morgan fingerprint density at radius 2 is 2.12 bits per heavy atom. The lowest BCUT2D eigenvalue weighted by molar-refractivity contribution is 0.0610. The first-order valence-corrected chi connectivity index (χ1v) is 8.74. The molecule has 2 rings (SSSR count). The highest BCUT2D eigenvalue weighted by Gasteiger charge is 2.17. The molecular weight excluding hydrogens is 417 g/mol.